The summed E-state index contributed by atoms with van der Waals surface area (Å²) in [7, 11) is 3.85. The molecule has 0 N–H and O–H groups in total. The Labute approximate surface area is 115 Å². The molecule has 1 aromatic heterocycles. The number of esters is 1. The number of likely N-dealkylation sites (N-methyl/N-ethyl adjacent to an activating group) is 1. The molecule has 4 heteroatoms. The van der Waals surface area contributed by atoms with Crippen LogP contribution in [0.3, 0.4) is 0 Å². The lowest BCUT2D eigenvalue weighted by Crippen LogP contribution is -2.20. The highest BCUT2D eigenvalue weighted by Crippen LogP contribution is 1.92. The summed E-state index contributed by atoms with van der Waals surface area (Å²) in [5.41, 5.74) is 1.37. The van der Waals surface area contributed by atoms with E-state index < -0.39 is 0 Å². The standard InChI is InChI=1S/C8H15NO2.C7H7N/c1-7(2)8(10)11-6-5-9(3)4;1-2-7-5-3-4-6-8-7/h1,5-6H2,2-4H3;2-6H,1H2. The van der Waals surface area contributed by atoms with Gasteiger partial charge >= 0.3 is 5.97 Å². The summed E-state index contributed by atoms with van der Waals surface area (Å²) in [5.74, 6) is -0.313. The first-order valence-corrected chi connectivity index (χ1v) is 5.98. The Kier molecular flexibility index (Phi) is 9.00. The maximum Gasteiger partial charge on any atom is 0.333 e. The van der Waals surface area contributed by atoms with Crippen molar-refractivity contribution in [1.82, 2.24) is 9.88 Å². The van der Waals surface area contributed by atoms with Crippen LogP contribution in [0.15, 0.2) is 43.1 Å². The summed E-state index contributed by atoms with van der Waals surface area (Å²) in [6, 6.07) is 5.73. The van der Waals surface area contributed by atoms with Crippen molar-refractivity contribution in [3.05, 3.63) is 48.8 Å². The van der Waals surface area contributed by atoms with Crippen LogP contribution in [0.1, 0.15) is 12.6 Å². The van der Waals surface area contributed by atoms with Crippen molar-refractivity contribution in [2.45, 2.75) is 6.92 Å². The number of carbonyl (C=O) groups excluding carboxylic acids is 1. The second-order valence-electron chi connectivity index (χ2n) is 4.18. The molecule has 0 saturated heterocycles. The topological polar surface area (TPSA) is 42.4 Å². The zero-order valence-corrected chi connectivity index (χ0v) is 11.9. The maximum atomic E-state index is 10.8. The first-order valence-electron chi connectivity index (χ1n) is 5.98. The van der Waals surface area contributed by atoms with Gasteiger partial charge in [0.2, 0.25) is 0 Å². The molecule has 1 heterocycles. The fourth-order valence-corrected chi connectivity index (χ4v) is 0.941. The van der Waals surface area contributed by atoms with Gasteiger partial charge in [-0.25, -0.2) is 4.79 Å². The molecule has 1 aromatic rings. The van der Waals surface area contributed by atoms with Crippen LogP contribution in [0.4, 0.5) is 0 Å². The number of pyridine rings is 1. The van der Waals surface area contributed by atoms with Gasteiger partial charge < -0.3 is 9.64 Å². The highest BCUT2D eigenvalue weighted by molar-refractivity contribution is 5.86. The first kappa shape index (κ1) is 17.1. The number of hydrogen-bond donors (Lipinski definition) is 0. The molecule has 0 aliphatic rings. The molecule has 19 heavy (non-hydrogen) atoms. The number of rotatable bonds is 5. The second kappa shape index (κ2) is 10.0. The van der Waals surface area contributed by atoms with Crippen molar-refractivity contribution in [3.63, 3.8) is 0 Å². The monoisotopic (exact) mass is 262 g/mol. The molecule has 0 atom stereocenters. The van der Waals surface area contributed by atoms with E-state index in [4.69, 9.17) is 4.74 Å². The average Bonchev–Trinajstić information content (AvgIpc) is 2.39. The normalized spacial score (nSPS) is 9.26. The Hall–Kier alpha value is -1.94. The van der Waals surface area contributed by atoms with E-state index in [9.17, 15) is 4.79 Å². The SMILES string of the molecule is C=C(C)C(=O)OCCN(C)C.C=Cc1ccccn1. The van der Waals surface area contributed by atoms with Gasteiger partial charge in [-0.15, -0.1) is 0 Å². The Balaban J connectivity index is 0.000000356. The average molecular weight is 262 g/mol. The van der Waals surface area contributed by atoms with Crippen molar-refractivity contribution < 1.29 is 9.53 Å². The van der Waals surface area contributed by atoms with Gasteiger partial charge in [-0.1, -0.05) is 19.2 Å². The molecule has 0 spiro atoms. The summed E-state index contributed by atoms with van der Waals surface area (Å²) in [4.78, 5) is 16.7. The smallest absolute Gasteiger partial charge is 0.333 e. The van der Waals surface area contributed by atoms with Crippen LogP contribution in [-0.4, -0.2) is 43.1 Å². The van der Waals surface area contributed by atoms with Crippen molar-refractivity contribution in [2.24, 2.45) is 0 Å². The zero-order chi connectivity index (χ0) is 14.7. The first-order chi connectivity index (χ1) is 8.97. The van der Waals surface area contributed by atoms with E-state index in [0.717, 1.165) is 12.2 Å². The minimum atomic E-state index is -0.313. The third-order valence-corrected chi connectivity index (χ3v) is 2.02. The van der Waals surface area contributed by atoms with Crippen LogP contribution < -0.4 is 0 Å². The van der Waals surface area contributed by atoms with Crippen molar-refractivity contribution in [2.75, 3.05) is 27.2 Å². The molecule has 0 aromatic carbocycles. The van der Waals surface area contributed by atoms with Gasteiger partial charge in [0.25, 0.3) is 0 Å². The van der Waals surface area contributed by atoms with Crippen LogP contribution in [0.25, 0.3) is 6.08 Å². The largest absolute Gasteiger partial charge is 0.461 e. The minimum Gasteiger partial charge on any atom is -0.461 e. The maximum absolute atomic E-state index is 10.8. The fourth-order valence-electron chi connectivity index (χ4n) is 0.941. The number of nitrogens with zero attached hydrogens (tertiary/aromatic N) is 2. The summed E-state index contributed by atoms with van der Waals surface area (Å²) in [6.07, 6.45) is 3.47. The van der Waals surface area contributed by atoms with Gasteiger partial charge in [-0.05, 0) is 39.2 Å². The van der Waals surface area contributed by atoms with Gasteiger partial charge in [-0.2, -0.15) is 0 Å². The number of hydrogen-bond acceptors (Lipinski definition) is 4. The number of carbonyl (C=O) groups is 1. The van der Waals surface area contributed by atoms with Gasteiger partial charge in [0, 0.05) is 18.3 Å². The van der Waals surface area contributed by atoms with Gasteiger partial charge in [0.05, 0.1) is 5.69 Å². The van der Waals surface area contributed by atoms with Crippen molar-refractivity contribution in [3.8, 4) is 0 Å². The summed E-state index contributed by atoms with van der Waals surface area (Å²) < 4.78 is 4.83. The highest BCUT2D eigenvalue weighted by atomic mass is 16.5. The lowest BCUT2D eigenvalue weighted by molar-refractivity contribution is -0.139. The van der Waals surface area contributed by atoms with Crippen LogP contribution in [-0.2, 0) is 9.53 Å². The molecule has 104 valence electrons. The summed E-state index contributed by atoms with van der Waals surface area (Å²) in [6.45, 7) is 9.85. The minimum absolute atomic E-state index is 0.313. The Morgan fingerprint density at radius 3 is 2.53 bits per heavy atom. The summed E-state index contributed by atoms with van der Waals surface area (Å²) >= 11 is 0. The molecule has 4 nitrogen and oxygen atoms in total. The Morgan fingerprint density at radius 1 is 1.47 bits per heavy atom. The van der Waals surface area contributed by atoms with Crippen LogP contribution in [0.5, 0.6) is 0 Å². The molecule has 1 rings (SSSR count). The third kappa shape index (κ3) is 9.73. The van der Waals surface area contributed by atoms with Crippen LogP contribution in [0.2, 0.25) is 0 Å². The number of ether oxygens (including phenoxy) is 1. The molecule has 0 amide bonds. The fraction of sp³-hybridized carbons (Fsp3) is 0.333. The molecular weight excluding hydrogens is 240 g/mol. The molecule has 0 radical (unpaired) electrons. The van der Waals surface area contributed by atoms with E-state index in [1.54, 1.807) is 19.2 Å². The Morgan fingerprint density at radius 2 is 2.16 bits per heavy atom. The molecular formula is C15H22N2O2. The van der Waals surface area contributed by atoms with E-state index in [0.29, 0.717) is 12.2 Å². The van der Waals surface area contributed by atoms with E-state index in [2.05, 4.69) is 18.1 Å². The van der Waals surface area contributed by atoms with E-state index in [-0.39, 0.29) is 5.97 Å². The summed E-state index contributed by atoms with van der Waals surface area (Å²) in [5, 5.41) is 0. The van der Waals surface area contributed by atoms with Crippen molar-refractivity contribution >= 4 is 12.0 Å². The third-order valence-electron chi connectivity index (χ3n) is 2.02. The zero-order valence-electron chi connectivity index (χ0n) is 11.9. The molecule has 0 saturated carbocycles. The van der Waals surface area contributed by atoms with E-state index >= 15 is 0 Å². The quantitative estimate of drug-likeness (QED) is 0.603. The van der Waals surface area contributed by atoms with Crippen molar-refractivity contribution in [1.29, 1.82) is 0 Å². The lowest BCUT2D eigenvalue weighted by atomic mass is 10.4. The van der Waals surface area contributed by atoms with E-state index in [1.165, 1.54) is 0 Å². The molecule has 0 aliphatic carbocycles. The molecule has 0 aliphatic heterocycles. The van der Waals surface area contributed by atoms with Crippen LogP contribution >= 0.6 is 0 Å². The van der Waals surface area contributed by atoms with Crippen LogP contribution in [0, 0.1) is 0 Å². The van der Waals surface area contributed by atoms with Gasteiger partial charge in [0.1, 0.15) is 6.61 Å². The second-order valence-corrected chi connectivity index (χ2v) is 4.18. The predicted molar refractivity (Wildman–Crippen MR) is 78.7 cm³/mol. The molecule has 0 unspecified atom stereocenters. The predicted octanol–water partition coefficient (Wildman–Crippen LogP) is 2.39. The van der Waals surface area contributed by atoms with Gasteiger partial charge in [-0.3, -0.25) is 4.98 Å². The Bertz CT molecular complexity index is 400. The van der Waals surface area contributed by atoms with E-state index in [1.807, 2.05) is 37.2 Å². The molecule has 0 fully saturated rings. The number of aromatic nitrogens is 1. The lowest BCUT2D eigenvalue weighted by Gasteiger charge is -2.09. The van der Waals surface area contributed by atoms with Gasteiger partial charge in [0.15, 0.2) is 0 Å². The molecule has 0 bridgehead atoms. The highest BCUT2D eigenvalue weighted by Gasteiger charge is 2.01.